The lowest BCUT2D eigenvalue weighted by Crippen LogP contribution is -2.33. The quantitative estimate of drug-likeness (QED) is 0.697. The van der Waals surface area contributed by atoms with Crippen LogP contribution in [0.5, 0.6) is 0 Å². The number of aryl methyl sites for hydroxylation is 1. The molecule has 1 aliphatic heterocycles. The Morgan fingerprint density at radius 1 is 1.04 bits per heavy atom. The van der Waals surface area contributed by atoms with Gasteiger partial charge in [-0.15, -0.1) is 0 Å². The molecule has 3 heterocycles. The van der Waals surface area contributed by atoms with Gasteiger partial charge in [-0.3, -0.25) is 4.98 Å². The second kappa shape index (κ2) is 6.38. The van der Waals surface area contributed by atoms with E-state index in [1.807, 2.05) is 0 Å². The normalized spacial score (nSPS) is 18.6. The molecule has 1 saturated carbocycles. The molecule has 5 heteroatoms. The molecule has 0 amide bonds. The summed E-state index contributed by atoms with van der Waals surface area (Å²) in [5.41, 5.74) is 3.57. The third kappa shape index (κ3) is 2.85. The molecule has 0 radical (unpaired) electrons. The average Bonchev–Trinajstić information content (AvgIpc) is 3.44. The van der Waals surface area contributed by atoms with E-state index in [2.05, 4.69) is 52.3 Å². The molecule has 0 spiro atoms. The highest BCUT2D eigenvalue weighted by molar-refractivity contribution is 5.92. The van der Waals surface area contributed by atoms with Crippen molar-refractivity contribution in [1.29, 1.82) is 0 Å². The average molecular weight is 348 g/mol. The zero-order chi connectivity index (χ0) is 17.5. The largest absolute Gasteiger partial charge is 0.371 e. The van der Waals surface area contributed by atoms with Gasteiger partial charge in [0.05, 0.1) is 5.52 Å². The topological polar surface area (TPSA) is 55.1 Å². The first-order chi connectivity index (χ1) is 12.8. The van der Waals surface area contributed by atoms with Crippen LogP contribution in [0.25, 0.3) is 10.9 Å². The summed E-state index contributed by atoms with van der Waals surface area (Å²) in [6.07, 6.45) is 5.51. The van der Waals surface area contributed by atoms with E-state index in [4.69, 9.17) is 9.51 Å². The fourth-order valence-corrected chi connectivity index (χ4v) is 3.94. The lowest BCUT2D eigenvalue weighted by Gasteiger charge is -2.33. The number of pyridine rings is 1. The SMILES string of the molecule is CCc1cc(N2CCC(c3noc(C4CC4)n3)CC2)c2ccccc2n1. The standard InChI is InChI=1S/C21H24N4O/c1-2-16-13-19(17-5-3-4-6-18(17)22-16)25-11-9-14(10-12-25)20-23-21(26-24-20)15-7-8-15/h3-6,13-15H,2,7-12H2,1H3. The van der Waals surface area contributed by atoms with Gasteiger partial charge < -0.3 is 9.42 Å². The number of hydrogen-bond donors (Lipinski definition) is 0. The van der Waals surface area contributed by atoms with E-state index < -0.39 is 0 Å². The number of fused-ring (bicyclic) bond motifs is 1. The van der Waals surface area contributed by atoms with Gasteiger partial charge in [0.25, 0.3) is 0 Å². The Bertz CT molecular complexity index is 923. The molecule has 1 aromatic carbocycles. The Morgan fingerprint density at radius 3 is 2.62 bits per heavy atom. The van der Waals surface area contributed by atoms with Gasteiger partial charge >= 0.3 is 0 Å². The minimum absolute atomic E-state index is 0.418. The molecule has 2 aromatic heterocycles. The molecular formula is C21H24N4O. The van der Waals surface area contributed by atoms with Crippen molar-refractivity contribution in [2.45, 2.75) is 50.9 Å². The number of rotatable bonds is 4. The predicted molar refractivity (Wildman–Crippen MR) is 102 cm³/mol. The van der Waals surface area contributed by atoms with E-state index in [0.29, 0.717) is 11.8 Å². The molecule has 3 aromatic rings. The second-order valence-electron chi connectivity index (χ2n) is 7.53. The summed E-state index contributed by atoms with van der Waals surface area (Å²) in [5, 5.41) is 5.51. The molecule has 0 atom stereocenters. The van der Waals surface area contributed by atoms with Gasteiger partial charge in [0.15, 0.2) is 5.82 Å². The van der Waals surface area contributed by atoms with Crippen LogP contribution in [0.15, 0.2) is 34.9 Å². The molecule has 5 rings (SSSR count). The molecule has 0 unspecified atom stereocenters. The van der Waals surface area contributed by atoms with Crippen LogP contribution in [-0.2, 0) is 6.42 Å². The molecule has 1 saturated heterocycles. The van der Waals surface area contributed by atoms with E-state index in [9.17, 15) is 0 Å². The first kappa shape index (κ1) is 15.8. The van der Waals surface area contributed by atoms with Gasteiger partial charge in [0.1, 0.15) is 0 Å². The maximum atomic E-state index is 5.46. The summed E-state index contributed by atoms with van der Waals surface area (Å²) in [7, 11) is 0. The molecular weight excluding hydrogens is 324 g/mol. The summed E-state index contributed by atoms with van der Waals surface area (Å²) < 4.78 is 5.46. The van der Waals surface area contributed by atoms with E-state index in [1.165, 1.54) is 23.9 Å². The number of anilines is 1. The van der Waals surface area contributed by atoms with Crippen LogP contribution in [0, 0.1) is 0 Å². The van der Waals surface area contributed by atoms with Gasteiger partial charge in [-0.05, 0) is 44.2 Å². The van der Waals surface area contributed by atoms with E-state index in [1.54, 1.807) is 0 Å². The maximum Gasteiger partial charge on any atom is 0.229 e. The Hall–Kier alpha value is -2.43. The van der Waals surface area contributed by atoms with Crippen molar-refractivity contribution in [2.75, 3.05) is 18.0 Å². The van der Waals surface area contributed by atoms with Gasteiger partial charge in [-0.2, -0.15) is 4.98 Å². The van der Waals surface area contributed by atoms with Crippen LogP contribution in [0.2, 0.25) is 0 Å². The van der Waals surface area contributed by atoms with Crippen LogP contribution < -0.4 is 4.90 Å². The van der Waals surface area contributed by atoms with E-state index in [-0.39, 0.29) is 0 Å². The van der Waals surface area contributed by atoms with Crippen LogP contribution in [0.3, 0.4) is 0 Å². The third-order valence-electron chi connectivity index (χ3n) is 5.69. The van der Waals surface area contributed by atoms with Crippen LogP contribution >= 0.6 is 0 Å². The molecule has 134 valence electrons. The molecule has 1 aliphatic carbocycles. The number of para-hydroxylation sites is 1. The Balaban J connectivity index is 1.37. The number of nitrogens with zero attached hydrogens (tertiary/aromatic N) is 4. The highest BCUT2D eigenvalue weighted by Crippen LogP contribution is 2.40. The highest BCUT2D eigenvalue weighted by Gasteiger charge is 2.32. The summed E-state index contributed by atoms with van der Waals surface area (Å²) >= 11 is 0. The van der Waals surface area contributed by atoms with E-state index >= 15 is 0 Å². The zero-order valence-corrected chi connectivity index (χ0v) is 15.2. The summed E-state index contributed by atoms with van der Waals surface area (Å²) in [5.74, 6) is 2.73. The minimum atomic E-state index is 0.418. The second-order valence-corrected chi connectivity index (χ2v) is 7.53. The monoisotopic (exact) mass is 348 g/mol. The van der Waals surface area contributed by atoms with Crippen LogP contribution in [-0.4, -0.2) is 28.2 Å². The molecule has 2 fully saturated rings. The van der Waals surface area contributed by atoms with Crippen molar-refractivity contribution in [3.8, 4) is 0 Å². The summed E-state index contributed by atoms with van der Waals surface area (Å²) in [6, 6.07) is 10.7. The van der Waals surface area contributed by atoms with Crippen LogP contribution in [0.1, 0.15) is 61.9 Å². The number of benzene rings is 1. The molecule has 2 aliphatic rings. The Labute approximate surface area is 153 Å². The number of piperidine rings is 1. The first-order valence-electron chi connectivity index (χ1n) is 9.79. The lowest BCUT2D eigenvalue weighted by molar-refractivity contribution is 0.365. The van der Waals surface area contributed by atoms with E-state index in [0.717, 1.165) is 55.3 Å². The zero-order valence-electron chi connectivity index (χ0n) is 15.2. The summed E-state index contributed by atoms with van der Waals surface area (Å²) in [4.78, 5) is 11.9. The third-order valence-corrected chi connectivity index (χ3v) is 5.69. The highest BCUT2D eigenvalue weighted by atomic mass is 16.5. The van der Waals surface area contributed by atoms with Crippen molar-refractivity contribution in [2.24, 2.45) is 0 Å². The number of aromatic nitrogens is 3. The van der Waals surface area contributed by atoms with Gasteiger partial charge in [-0.1, -0.05) is 30.3 Å². The molecule has 26 heavy (non-hydrogen) atoms. The molecule has 0 N–H and O–H groups in total. The minimum Gasteiger partial charge on any atom is -0.371 e. The van der Waals surface area contributed by atoms with Gasteiger partial charge in [0, 0.05) is 41.7 Å². The Kier molecular flexibility index (Phi) is 3.88. The summed E-state index contributed by atoms with van der Waals surface area (Å²) in [6.45, 7) is 4.21. The van der Waals surface area contributed by atoms with Gasteiger partial charge in [0.2, 0.25) is 5.89 Å². The van der Waals surface area contributed by atoms with Crippen molar-refractivity contribution < 1.29 is 4.52 Å². The smallest absolute Gasteiger partial charge is 0.229 e. The van der Waals surface area contributed by atoms with Crippen molar-refractivity contribution in [1.82, 2.24) is 15.1 Å². The molecule has 5 nitrogen and oxygen atoms in total. The molecule has 0 bridgehead atoms. The first-order valence-corrected chi connectivity index (χ1v) is 9.79. The van der Waals surface area contributed by atoms with Crippen molar-refractivity contribution >= 4 is 16.6 Å². The Morgan fingerprint density at radius 2 is 1.85 bits per heavy atom. The predicted octanol–water partition coefficient (Wildman–Crippen LogP) is 4.44. The fraction of sp³-hybridized carbons (Fsp3) is 0.476. The van der Waals surface area contributed by atoms with Crippen LogP contribution in [0.4, 0.5) is 5.69 Å². The number of hydrogen-bond acceptors (Lipinski definition) is 5. The fourth-order valence-electron chi connectivity index (χ4n) is 3.94. The van der Waals surface area contributed by atoms with Crippen molar-refractivity contribution in [3.63, 3.8) is 0 Å². The lowest BCUT2D eigenvalue weighted by atomic mass is 9.95. The van der Waals surface area contributed by atoms with Gasteiger partial charge in [-0.25, -0.2) is 0 Å². The maximum absolute atomic E-state index is 5.46. The van der Waals surface area contributed by atoms with Crippen molar-refractivity contribution in [3.05, 3.63) is 47.7 Å².